The maximum absolute atomic E-state index is 13.6. The second kappa shape index (κ2) is 9.69. The van der Waals surface area contributed by atoms with E-state index in [1.54, 1.807) is 24.3 Å². The van der Waals surface area contributed by atoms with Crippen LogP contribution in [0.15, 0.2) is 88.5 Å². The maximum atomic E-state index is 13.6. The van der Waals surface area contributed by atoms with Crippen molar-refractivity contribution in [3.05, 3.63) is 127 Å². The van der Waals surface area contributed by atoms with E-state index >= 15 is 0 Å². The van der Waals surface area contributed by atoms with E-state index in [1.165, 1.54) is 29.2 Å². The number of para-hydroxylation sites is 1. The van der Waals surface area contributed by atoms with Crippen molar-refractivity contribution in [3.8, 4) is 0 Å². The Balaban J connectivity index is 1.40. The van der Waals surface area contributed by atoms with Crippen molar-refractivity contribution in [2.24, 2.45) is 0 Å². The molecule has 0 spiro atoms. The van der Waals surface area contributed by atoms with Crippen LogP contribution in [0.5, 0.6) is 0 Å². The van der Waals surface area contributed by atoms with Gasteiger partial charge in [0, 0.05) is 17.7 Å². The lowest BCUT2D eigenvalue weighted by Crippen LogP contribution is -2.37. The van der Waals surface area contributed by atoms with Gasteiger partial charge in [-0.05, 0) is 35.9 Å². The molecule has 39 heavy (non-hydrogen) atoms. The molecule has 6 rings (SSSR count). The highest BCUT2D eigenvalue weighted by atomic mass is 32.1. The average molecular weight is 540 g/mol. The zero-order valence-corrected chi connectivity index (χ0v) is 20.9. The number of rotatable bonds is 5. The standard InChI is InChI=1S/C28H18FN5O4S/c29-17-10-12-18(13-11-17)30-22(35)15-33-21-9-5-4-8-19(21)23(26(33)37)24-27(38)34-28(39-24)31-25(36)20(32-34)14-16-6-2-1-3-7-16/h1-13H,14-15H2,(H,30,35). The molecule has 9 nitrogen and oxygen atoms in total. The summed E-state index contributed by atoms with van der Waals surface area (Å²) in [7, 11) is 0. The van der Waals surface area contributed by atoms with Gasteiger partial charge in [0.25, 0.3) is 17.0 Å². The fourth-order valence-corrected chi connectivity index (χ4v) is 5.42. The Kier molecular flexibility index (Phi) is 6.04. The third-order valence-corrected chi connectivity index (χ3v) is 7.25. The molecule has 0 unspecified atom stereocenters. The number of anilines is 2. The van der Waals surface area contributed by atoms with Crippen molar-refractivity contribution in [2.75, 3.05) is 16.8 Å². The van der Waals surface area contributed by atoms with Crippen molar-refractivity contribution < 1.29 is 14.0 Å². The highest BCUT2D eigenvalue weighted by molar-refractivity contribution is 7.15. The third-order valence-electron chi connectivity index (χ3n) is 6.22. The largest absolute Gasteiger partial charge is 0.325 e. The number of carbonyl (C=O) groups is 2. The summed E-state index contributed by atoms with van der Waals surface area (Å²) >= 11 is 0.899. The van der Waals surface area contributed by atoms with Gasteiger partial charge in [-0.3, -0.25) is 24.1 Å². The van der Waals surface area contributed by atoms with Crippen molar-refractivity contribution in [1.29, 1.82) is 0 Å². The summed E-state index contributed by atoms with van der Waals surface area (Å²) in [5.41, 5.74) is 1.26. The molecule has 2 amide bonds. The van der Waals surface area contributed by atoms with E-state index in [0.717, 1.165) is 21.4 Å². The Bertz CT molecular complexity index is 1940. The zero-order valence-electron chi connectivity index (χ0n) is 20.1. The molecule has 192 valence electrons. The van der Waals surface area contributed by atoms with Crippen molar-refractivity contribution in [2.45, 2.75) is 6.42 Å². The molecule has 0 fully saturated rings. The summed E-state index contributed by atoms with van der Waals surface area (Å²) in [4.78, 5) is 57.9. The van der Waals surface area contributed by atoms with E-state index in [0.29, 0.717) is 16.9 Å². The van der Waals surface area contributed by atoms with E-state index in [2.05, 4.69) is 15.4 Å². The molecule has 0 saturated carbocycles. The SMILES string of the molecule is O=C(CN1C(=O)C(=c2sc3nc(=O)c(Cc4ccccc4)nn3c2=O)c2ccccc21)Nc1ccc(F)cc1. The minimum Gasteiger partial charge on any atom is -0.325 e. The number of aromatic nitrogens is 3. The lowest BCUT2D eigenvalue weighted by molar-refractivity contribution is -0.118. The minimum atomic E-state index is -0.576. The Labute approximate surface area is 223 Å². The molecule has 0 atom stereocenters. The molecular weight excluding hydrogens is 521 g/mol. The van der Waals surface area contributed by atoms with Gasteiger partial charge >= 0.3 is 0 Å². The number of halogens is 1. The van der Waals surface area contributed by atoms with Crippen LogP contribution >= 0.6 is 11.3 Å². The quantitative estimate of drug-likeness (QED) is 0.366. The number of nitrogens with zero attached hydrogens (tertiary/aromatic N) is 4. The summed E-state index contributed by atoms with van der Waals surface area (Å²) < 4.78 is 14.3. The van der Waals surface area contributed by atoms with Gasteiger partial charge in [0.1, 0.15) is 22.6 Å². The fourth-order valence-electron chi connectivity index (χ4n) is 4.43. The topological polar surface area (TPSA) is 114 Å². The first kappa shape index (κ1) is 24.3. The second-order valence-corrected chi connectivity index (χ2v) is 9.77. The fraction of sp³-hybridized carbons (Fsp3) is 0.0714. The number of amides is 2. The molecule has 5 aromatic rings. The van der Waals surface area contributed by atoms with E-state index in [1.807, 2.05) is 30.3 Å². The lowest BCUT2D eigenvalue weighted by atomic mass is 10.1. The van der Waals surface area contributed by atoms with Gasteiger partial charge in [-0.1, -0.05) is 59.9 Å². The van der Waals surface area contributed by atoms with Gasteiger partial charge in [0.2, 0.25) is 10.9 Å². The number of hydrogen-bond acceptors (Lipinski definition) is 7. The van der Waals surface area contributed by atoms with E-state index in [-0.39, 0.29) is 33.7 Å². The van der Waals surface area contributed by atoms with Crippen LogP contribution in [0, 0.1) is 5.82 Å². The molecule has 3 aromatic carbocycles. The van der Waals surface area contributed by atoms with Gasteiger partial charge in [-0.25, -0.2) is 4.39 Å². The molecule has 2 aromatic heterocycles. The van der Waals surface area contributed by atoms with E-state index < -0.39 is 28.8 Å². The van der Waals surface area contributed by atoms with Crippen molar-refractivity contribution in [3.63, 3.8) is 0 Å². The Morgan fingerprint density at radius 2 is 1.64 bits per heavy atom. The first-order chi connectivity index (χ1) is 18.9. The van der Waals surface area contributed by atoms with Crippen LogP contribution in [0.3, 0.4) is 0 Å². The Hall–Kier alpha value is -5.03. The lowest BCUT2D eigenvalue weighted by Gasteiger charge is -2.16. The number of hydrogen-bond donors (Lipinski definition) is 1. The summed E-state index contributed by atoms with van der Waals surface area (Å²) in [6, 6.07) is 21.3. The molecule has 0 saturated heterocycles. The van der Waals surface area contributed by atoms with Crippen LogP contribution in [0.2, 0.25) is 0 Å². The number of carbonyl (C=O) groups excluding carboxylic acids is 2. The van der Waals surface area contributed by atoms with Crippen molar-refractivity contribution in [1.82, 2.24) is 14.6 Å². The highest BCUT2D eigenvalue weighted by Gasteiger charge is 2.35. The number of fused-ring (bicyclic) bond motifs is 2. The maximum Gasteiger partial charge on any atom is 0.296 e. The van der Waals surface area contributed by atoms with Crippen LogP contribution in [0.25, 0.3) is 10.5 Å². The molecule has 11 heteroatoms. The van der Waals surface area contributed by atoms with E-state index in [9.17, 15) is 23.6 Å². The molecule has 0 bridgehead atoms. The smallest absolute Gasteiger partial charge is 0.296 e. The second-order valence-electron chi connectivity index (χ2n) is 8.80. The van der Waals surface area contributed by atoms with Gasteiger partial charge < -0.3 is 5.32 Å². The highest BCUT2D eigenvalue weighted by Crippen LogP contribution is 2.35. The molecular formula is C28H18FN5O4S. The molecule has 0 radical (unpaired) electrons. The minimum absolute atomic E-state index is 0.0714. The third kappa shape index (κ3) is 4.48. The number of nitrogens with one attached hydrogen (secondary N) is 1. The predicted octanol–water partition coefficient (Wildman–Crippen LogP) is 2.14. The zero-order chi connectivity index (χ0) is 27.1. The van der Waals surface area contributed by atoms with Crippen LogP contribution in [0.4, 0.5) is 15.8 Å². The first-order valence-electron chi connectivity index (χ1n) is 11.9. The van der Waals surface area contributed by atoms with Gasteiger partial charge in [0.05, 0.1) is 11.3 Å². The molecule has 1 N–H and O–H groups in total. The van der Waals surface area contributed by atoms with Crippen LogP contribution in [-0.4, -0.2) is 33.0 Å². The monoisotopic (exact) mass is 539 g/mol. The summed E-state index contributed by atoms with van der Waals surface area (Å²) in [5, 5.41) is 6.91. The van der Waals surface area contributed by atoms with Gasteiger partial charge in [-0.15, -0.1) is 0 Å². The predicted molar refractivity (Wildman–Crippen MR) is 144 cm³/mol. The normalized spacial score (nSPS) is 14.1. The Morgan fingerprint density at radius 3 is 2.41 bits per heavy atom. The molecule has 0 aliphatic carbocycles. The summed E-state index contributed by atoms with van der Waals surface area (Å²) in [6.07, 6.45) is 0.204. The van der Waals surface area contributed by atoms with Crippen LogP contribution in [0.1, 0.15) is 16.8 Å². The number of thiazole rings is 1. The molecule has 1 aliphatic rings. The number of benzene rings is 3. The average Bonchev–Trinajstić information content (AvgIpc) is 3.38. The summed E-state index contributed by atoms with van der Waals surface area (Å²) in [5.74, 6) is -1.48. The Morgan fingerprint density at radius 1 is 0.923 bits per heavy atom. The van der Waals surface area contributed by atoms with Gasteiger partial charge in [0.15, 0.2) is 0 Å². The molecule has 3 heterocycles. The molecule has 1 aliphatic heterocycles. The van der Waals surface area contributed by atoms with Crippen LogP contribution < -0.4 is 25.9 Å². The summed E-state index contributed by atoms with van der Waals surface area (Å²) in [6.45, 7) is -0.328. The van der Waals surface area contributed by atoms with Crippen molar-refractivity contribution >= 4 is 45.1 Å². The van der Waals surface area contributed by atoms with E-state index in [4.69, 9.17) is 0 Å². The van der Waals surface area contributed by atoms with Crippen LogP contribution in [-0.2, 0) is 16.0 Å². The first-order valence-corrected chi connectivity index (χ1v) is 12.7. The van der Waals surface area contributed by atoms with Gasteiger partial charge in [-0.2, -0.15) is 14.6 Å².